The van der Waals surface area contributed by atoms with Crippen molar-refractivity contribution in [3.63, 3.8) is 0 Å². The Hall–Kier alpha value is -1.29. The molecule has 0 atom stereocenters. The summed E-state index contributed by atoms with van der Waals surface area (Å²) in [5, 5.41) is 8.87. The fourth-order valence-corrected chi connectivity index (χ4v) is 1.12. The highest BCUT2D eigenvalue weighted by Crippen LogP contribution is 2.13. The number of H-pyrrole nitrogens is 1. The minimum atomic E-state index is -0.375. The van der Waals surface area contributed by atoms with E-state index in [4.69, 9.17) is 9.84 Å². The maximum Gasteiger partial charge on any atom is 0.355 e. The molecular weight excluding hydrogens is 170 g/mol. The molecule has 0 unspecified atom stereocenters. The van der Waals surface area contributed by atoms with Crippen molar-refractivity contribution in [2.75, 3.05) is 6.61 Å². The van der Waals surface area contributed by atoms with E-state index in [9.17, 15) is 4.79 Å². The number of aromatic amines is 1. The molecule has 1 rings (SSSR count). The maximum absolute atomic E-state index is 11.3. The summed E-state index contributed by atoms with van der Waals surface area (Å²) >= 11 is 0. The second kappa shape index (κ2) is 4.09. The Balaban J connectivity index is 2.89. The Morgan fingerprint density at radius 3 is 2.85 bits per heavy atom. The van der Waals surface area contributed by atoms with Crippen molar-refractivity contribution in [2.45, 2.75) is 20.5 Å². The molecule has 4 nitrogen and oxygen atoms in total. The number of hydrogen-bond donors (Lipinski definition) is 2. The monoisotopic (exact) mass is 183 g/mol. The molecule has 13 heavy (non-hydrogen) atoms. The van der Waals surface area contributed by atoms with E-state index in [2.05, 4.69) is 4.98 Å². The molecule has 0 aliphatic heterocycles. The number of aliphatic hydroxyl groups excluding tert-OH is 1. The third-order valence-corrected chi connectivity index (χ3v) is 1.90. The van der Waals surface area contributed by atoms with Crippen LogP contribution < -0.4 is 0 Å². The second-order valence-corrected chi connectivity index (χ2v) is 2.69. The molecule has 0 aromatic carbocycles. The first kappa shape index (κ1) is 9.80. The minimum Gasteiger partial charge on any atom is -0.461 e. The average molecular weight is 183 g/mol. The molecule has 1 heterocycles. The summed E-state index contributed by atoms with van der Waals surface area (Å²) in [7, 11) is 0. The molecule has 4 heteroatoms. The number of aliphatic hydroxyl groups is 1. The van der Waals surface area contributed by atoms with E-state index in [1.165, 1.54) is 0 Å². The van der Waals surface area contributed by atoms with Crippen LogP contribution >= 0.6 is 0 Å². The van der Waals surface area contributed by atoms with Crippen molar-refractivity contribution >= 4 is 5.97 Å². The third-order valence-electron chi connectivity index (χ3n) is 1.90. The van der Waals surface area contributed by atoms with Gasteiger partial charge in [-0.2, -0.15) is 0 Å². The molecule has 0 amide bonds. The summed E-state index contributed by atoms with van der Waals surface area (Å²) in [6.07, 6.45) is 1.61. The van der Waals surface area contributed by atoms with Crippen LogP contribution in [0.25, 0.3) is 0 Å². The van der Waals surface area contributed by atoms with E-state index in [0.29, 0.717) is 12.3 Å². The largest absolute Gasteiger partial charge is 0.461 e. The van der Waals surface area contributed by atoms with E-state index >= 15 is 0 Å². The zero-order chi connectivity index (χ0) is 9.84. The van der Waals surface area contributed by atoms with Crippen LogP contribution in [0.5, 0.6) is 0 Å². The van der Waals surface area contributed by atoms with Gasteiger partial charge < -0.3 is 14.8 Å². The van der Waals surface area contributed by atoms with Crippen molar-refractivity contribution in [3.8, 4) is 0 Å². The number of nitrogens with one attached hydrogen (secondary N) is 1. The van der Waals surface area contributed by atoms with Gasteiger partial charge in [-0.15, -0.1) is 0 Å². The SMILES string of the molecule is CCOC(=O)c1[nH]cc(CO)c1C. The Morgan fingerprint density at radius 1 is 1.69 bits per heavy atom. The summed E-state index contributed by atoms with van der Waals surface area (Å²) in [4.78, 5) is 14.0. The van der Waals surface area contributed by atoms with E-state index in [1.54, 1.807) is 20.0 Å². The molecule has 1 aromatic heterocycles. The number of carbonyl (C=O) groups excluding carboxylic acids is 1. The highest BCUT2D eigenvalue weighted by Gasteiger charge is 2.13. The van der Waals surface area contributed by atoms with E-state index in [1.807, 2.05) is 0 Å². The maximum atomic E-state index is 11.3. The molecule has 0 spiro atoms. The Kier molecular flexibility index (Phi) is 3.08. The Labute approximate surface area is 76.5 Å². The average Bonchev–Trinajstić information content (AvgIpc) is 2.47. The van der Waals surface area contributed by atoms with E-state index in [0.717, 1.165) is 11.1 Å². The summed E-state index contributed by atoms with van der Waals surface area (Å²) in [5.41, 5.74) is 1.90. The molecule has 0 fully saturated rings. The van der Waals surface area contributed by atoms with Crippen LogP contribution in [0.4, 0.5) is 0 Å². The van der Waals surface area contributed by atoms with Gasteiger partial charge in [-0.05, 0) is 25.0 Å². The van der Waals surface area contributed by atoms with Gasteiger partial charge in [-0.25, -0.2) is 4.79 Å². The molecule has 0 bridgehead atoms. The zero-order valence-electron chi connectivity index (χ0n) is 7.76. The highest BCUT2D eigenvalue weighted by molar-refractivity contribution is 5.89. The van der Waals surface area contributed by atoms with E-state index < -0.39 is 0 Å². The van der Waals surface area contributed by atoms with Crippen LogP contribution in [0.2, 0.25) is 0 Å². The lowest BCUT2D eigenvalue weighted by Crippen LogP contribution is -2.06. The van der Waals surface area contributed by atoms with Crippen LogP contribution in [0.15, 0.2) is 6.20 Å². The van der Waals surface area contributed by atoms with Gasteiger partial charge in [0.2, 0.25) is 0 Å². The molecule has 0 saturated heterocycles. The predicted octanol–water partition coefficient (Wildman–Crippen LogP) is 0.992. The number of carbonyl (C=O) groups is 1. The van der Waals surface area contributed by atoms with Crippen molar-refractivity contribution in [1.82, 2.24) is 4.98 Å². The van der Waals surface area contributed by atoms with Gasteiger partial charge >= 0.3 is 5.97 Å². The van der Waals surface area contributed by atoms with Gasteiger partial charge in [0.05, 0.1) is 13.2 Å². The molecule has 2 N–H and O–H groups in total. The van der Waals surface area contributed by atoms with Gasteiger partial charge in [0.15, 0.2) is 0 Å². The van der Waals surface area contributed by atoms with Crippen LogP contribution in [-0.2, 0) is 11.3 Å². The lowest BCUT2D eigenvalue weighted by molar-refractivity contribution is 0.0519. The molecule has 0 aliphatic carbocycles. The quantitative estimate of drug-likeness (QED) is 0.687. The zero-order valence-corrected chi connectivity index (χ0v) is 7.76. The number of hydrogen-bond acceptors (Lipinski definition) is 3. The predicted molar refractivity (Wildman–Crippen MR) is 47.4 cm³/mol. The first-order chi connectivity index (χ1) is 6.20. The summed E-state index contributed by atoms with van der Waals surface area (Å²) in [6, 6.07) is 0. The topological polar surface area (TPSA) is 62.3 Å². The highest BCUT2D eigenvalue weighted by atomic mass is 16.5. The van der Waals surface area contributed by atoms with Gasteiger partial charge in [0, 0.05) is 6.20 Å². The lowest BCUT2D eigenvalue weighted by atomic mass is 10.2. The summed E-state index contributed by atoms with van der Waals surface area (Å²) in [5.74, 6) is -0.375. The van der Waals surface area contributed by atoms with Gasteiger partial charge in [-0.3, -0.25) is 0 Å². The molecule has 1 aromatic rings. The third kappa shape index (κ3) is 1.89. The van der Waals surface area contributed by atoms with Gasteiger partial charge in [-0.1, -0.05) is 0 Å². The number of ether oxygens (including phenoxy) is 1. The number of rotatable bonds is 3. The fraction of sp³-hybridized carbons (Fsp3) is 0.444. The Bertz CT molecular complexity index is 304. The first-order valence-corrected chi connectivity index (χ1v) is 4.15. The standard InChI is InChI=1S/C9H13NO3/c1-3-13-9(12)8-6(2)7(5-11)4-10-8/h4,10-11H,3,5H2,1-2H3. The van der Waals surface area contributed by atoms with Crippen molar-refractivity contribution in [1.29, 1.82) is 0 Å². The van der Waals surface area contributed by atoms with Gasteiger partial charge in [0.25, 0.3) is 0 Å². The summed E-state index contributed by atoms with van der Waals surface area (Å²) in [6.45, 7) is 3.81. The second-order valence-electron chi connectivity index (χ2n) is 2.69. The molecule has 72 valence electrons. The fourth-order valence-electron chi connectivity index (χ4n) is 1.12. The Morgan fingerprint density at radius 2 is 2.38 bits per heavy atom. The smallest absolute Gasteiger partial charge is 0.355 e. The van der Waals surface area contributed by atoms with Crippen LogP contribution in [0.1, 0.15) is 28.5 Å². The van der Waals surface area contributed by atoms with Crippen LogP contribution in [0, 0.1) is 6.92 Å². The lowest BCUT2D eigenvalue weighted by Gasteiger charge is -2.00. The van der Waals surface area contributed by atoms with Crippen molar-refractivity contribution in [3.05, 3.63) is 23.0 Å². The first-order valence-electron chi connectivity index (χ1n) is 4.15. The van der Waals surface area contributed by atoms with Crippen molar-refractivity contribution < 1.29 is 14.6 Å². The number of aromatic nitrogens is 1. The van der Waals surface area contributed by atoms with Crippen LogP contribution in [0.3, 0.4) is 0 Å². The van der Waals surface area contributed by atoms with Crippen LogP contribution in [-0.4, -0.2) is 22.7 Å². The van der Waals surface area contributed by atoms with Crippen molar-refractivity contribution in [2.24, 2.45) is 0 Å². The molecule has 0 aliphatic rings. The normalized spacial score (nSPS) is 10.1. The number of esters is 1. The molecular formula is C9H13NO3. The van der Waals surface area contributed by atoms with Gasteiger partial charge in [0.1, 0.15) is 5.69 Å². The van der Waals surface area contributed by atoms with E-state index in [-0.39, 0.29) is 12.6 Å². The minimum absolute atomic E-state index is 0.0677. The summed E-state index contributed by atoms with van der Waals surface area (Å²) < 4.78 is 4.81. The molecule has 0 radical (unpaired) electrons. The molecule has 0 saturated carbocycles.